The van der Waals surface area contributed by atoms with Crippen LogP contribution in [0.5, 0.6) is 0 Å². The Hall–Kier alpha value is -3.47. The second-order valence-electron chi connectivity index (χ2n) is 23.2. The summed E-state index contributed by atoms with van der Waals surface area (Å²) >= 11 is -0.826. The van der Waals surface area contributed by atoms with Crippen LogP contribution >= 0.6 is 17.0 Å². The number of rotatable bonds is 8. The van der Waals surface area contributed by atoms with Gasteiger partial charge in [-0.1, -0.05) is 109 Å². The summed E-state index contributed by atoms with van der Waals surface area (Å²) < 4.78 is 33.7. The van der Waals surface area contributed by atoms with Gasteiger partial charge in [0, 0.05) is 15.9 Å². The third-order valence-electron chi connectivity index (χ3n) is 17.9. The van der Waals surface area contributed by atoms with Crippen LogP contribution in [0.1, 0.15) is 94.6 Å². The van der Waals surface area contributed by atoms with E-state index in [9.17, 15) is 13.2 Å². The summed E-state index contributed by atoms with van der Waals surface area (Å²) in [6.45, 7) is 1.77. The van der Waals surface area contributed by atoms with Crippen LogP contribution in [-0.2, 0) is 33.7 Å². The van der Waals surface area contributed by atoms with Crippen LogP contribution in [0, 0.1) is 46.3 Å². The normalized spacial score (nSPS) is 26.7. The van der Waals surface area contributed by atoms with Crippen LogP contribution in [0.25, 0.3) is 65.3 Å². The van der Waals surface area contributed by atoms with Gasteiger partial charge in [0.05, 0.1) is 0 Å². The second-order valence-corrected chi connectivity index (χ2v) is 28.1. The van der Waals surface area contributed by atoms with Gasteiger partial charge in [0.15, 0.2) is 0 Å². The van der Waals surface area contributed by atoms with E-state index in [-0.39, 0.29) is 6.04 Å². The first-order valence-electron chi connectivity index (χ1n) is 26.5. The van der Waals surface area contributed by atoms with Gasteiger partial charge >= 0.3 is 44.1 Å². The third-order valence-corrected chi connectivity index (χ3v) is 18.6. The molecule has 8 aliphatic carbocycles. The smallest absolute Gasteiger partial charge is 0.0178 e. The molecule has 0 spiro atoms. The molecule has 8 aromatic rings. The van der Waals surface area contributed by atoms with Crippen molar-refractivity contribution in [2.75, 3.05) is 0 Å². The van der Waals surface area contributed by atoms with Crippen molar-refractivity contribution >= 4 is 69.6 Å². The fourth-order valence-electron chi connectivity index (χ4n) is 16.2. The number of hydrogen-bond acceptors (Lipinski definition) is 0. The van der Waals surface area contributed by atoms with E-state index in [1.807, 2.05) is 0 Å². The van der Waals surface area contributed by atoms with E-state index >= 15 is 0 Å². The van der Waals surface area contributed by atoms with Crippen LogP contribution in [0.15, 0.2) is 146 Å². The van der Waals surface area contributed by atoms with Crippen molar-refractivity contribution in [3.05, 3.63) is 157 Å². The monoisotopic (exact) mass is 1080 g/mol. The average Bonchev–Trinajstić information content (AvgIpc) is 3.95. The van der Waals surface area contributed by atoms with Crippen LogP contribution in [-0.4, -0.2) is 15.7 Å². The first-order chi connectivity index (χ1) is 34.4. The number of fused-ring (bicyclic) bond motifs is 4. The van der Waals surface area contributed by atoms with Gasteiger partial charge in [0.1, 0.15) is 0 Å². The molecule has 7 heteroatoms. The van der Waals surface area contributed by atoms with Gasteiger partial charge in [-0.25, -0.2) is 0 Å². The second kappa shape index (κ2) is 21.0. The molecule has 2 radical (unpaired) electrons. The molecule has 0 atom stereocenters. The number of hydrogen-bond donors (Lipinski definition) is 0. The van der Waals surface area contributed by atoms with Gasteiger partial charge in [0.25, 0.3) is 0 Å². The van der Waals surface area contributed by atoms with Crippen LogP contribution in [0.4, 0.5) is 13.2 Å². The Morgan fingerprint density at radius 2 is 0.873 bits per heavy atom. The zero-order valence-electron chi connectivity index (χ0n) is 41.0. The Labute approximate surface area is 440 Å². The minimum atomic E-state index is -3.94. The number of halogens is 5. The SMILES string of the molecule is C[Si]CCC(F)(F)F.[Cl][Zr+2][Cl].c1ccc2cc(-c3cccc4[cH-]c(CC56CC7CC(CC(C7)C5)C6)cc34)ccc2c1.c1ccc2cc(-c3cccc4[cH-]c(CC56CC7CC(CC(C7)C5)C6)cc34)ccc2c1. The van der Waals surface area contributed by atoms with Crippen LogP contribution < -0.4 is 0 Å². The van der Waals surface area contributed by atoms with E-state index < -0.39 is 33.4 Å². The maximum atomic E-state index is 11.2. The molecule has 0 aliphatic heterocycles. The summed E-state index contributed by atoms with van der Waals surface area (Å²) in [5, 5.41) is 11.0. The average molecular weight is 1080 g/mol. The molecule has 8 bridgehead atoms. The molecule has 0 aromatic heterocycles. The standard InChI is InChI=1S/2C30H29.C4H7F3Si.2ClH.Zr/c2*1-2-5-25-15-27(9-8-24(25)4-1)28-7-3-6-26-13-23(14-29(26)28)19-30-16-20-10-21(17-30)12-22(11-20)18-30;1-8-3-2-4(5,6)7;;;/h2*1-9,13-15,20-22H,10-12,16-19H2;2-3H2,1H3;2*1H;/q2*-1;;;;+4/p-2. The molecule has 8 aromatic carbocycles. The van der Waals surface area contributed by atoms with Gasteiger partial charge in [-0.2, -0.15) is 25.3 Å². The number of alkyl halides is 3. The van der Waals surface area contributed by atoms with Crippen LogP contribution in [0.2, 0.25) is 12.6 Å². The van der Waals surface area contributed by atoms with E-state index in [0.717, 1.165) is 35.5 Å². The molecule has 16 rings (SSSR count). The fraction of sp³-hybridized carbons (Fsp3) is 0.406. The maximum Gasteiger partial charge on any atom is -0.0178 e. The Morgan fingerprint density at radius 3 is 1.21 bits per heavy atom. The van der Waals surface area contributed by atoms with Crippen molar-refractivity contribution in [3.8, 4) is 22.3 Å². The van der Waals surface area contributed by atoms with E-state index in [2.05, 4.69) is 146 Å². The molecule has 0 unspecified atom stereocenters. The minimum Gasteiger partial charge on any atom is -0.164 e. The van der Waals surface area contributed by atoms with E-state index in [0.29, 0.717) is 20.3 Å². The zero-order valence-corrected chi connectivity index (χ0v) is 46.0. The fourth-order valence-corrected chi connectivity index (χ4v) is 16.7. The molecule has 0 nitrogen and oxygen atoms in total. The van der Waals surface area contributed by atoms with Crippen molar-refractivity contribution in [2.24, 2.45) is 46.3 Å². The summed E-state index contributed by atoms with van der Waals surface area (Å²) in [5.74, 6) is 6.22. The molecular formula is C64H65Cl2F3SiZr. The molecule has 364 valence electrons. The largest absolute Gasteiger partial charge is 0.164 e. The van der Waals surface area contributed by atoms with Crippen molar-refractivity contribution in [2.45, 2.75) is 115 Å². The van der Waals surface area contributed by atoms with Crippen molar-refractivity contribution in [1.82, 2.24) is 0 Å². The zero-order chi connectivity index (χ0) is 48.7. The molecule has 8 saturated carbocycles. The van der Waals surface area contributed by atoms with Gasteiger partial charge in [-0.15, -0.1) is 69.1 Å². The molecule has 0 saturated heterocycles. The van der Waals surface area contributed by atoms with Gasteiger partial charge in [-0.05, 0) is 181 Å². The van der Waals surface area contributed by atoms with E-state index in [1.54, 1.807) is 17.7 Å². The maximum absolute atomic E-state index is 11.2. The minimum absolute atomic E-state index is 0.281. The Balaban J connectivity index is 0.000000128. The first kappa shape index (κ1) is 49.7. The summed E-state index contributed by atoms with van der Waals surface area (Å²) in [6, 6.07) is 55.2. The molecule has 0 N–H and O–H groups in total. The predicted molar refractivity (Wildman–Crippen MR) is 292 cm³/mol. The van der Waals surface area contributed by atoms with Gasteiger partial charge in [-0.3, -0.25) is 0 Å². The van der Waals surface area contributed by atoms with Gasteiger partial charge < -0.3 is 0 Å². The summed E-state index contributed by atoms with van der Waals surface area (Å²) in [7, 11) is 10.3. The molecule has 71 heavy (non-hydrogen) atoms. The molecule has 8 fully saturated rings. The molecule has 0 amide bonds. The number of benzene rings is 6. The third kappa shape index (κ3) is 11.2. The van der Waals surface area contributed by atoms with Crippen molar-refractivity contribution in [3.63, 3.8) is 0 Å². The molecule has 0 heterocycles. The van der Waals surface area contributed by atoms with Crippen molar-refractivity contribution in [1.29, 1.82) is 0 Å². The van der Waals surface area contributed by atoms with Crippen molar-refractivity contribution < 1.29 is 34.0 Å². The van der Waals surface area contributed by atoms with E-state index in [4.69, 9.17) is 17.0 Å². The van der Waals surface area contributed by atoms with Crippen LogP contribution in [0.3, 0.4) is 0 Å². The van der Waals surface area contributed by atoms with Gasteiger partial charge in [0.2, 0.25) is 0 Å². The summed E-state index contributed by atoms with van der Waals surface area (Å²) in [4.78, 5) is 0. The molecular weight excluding hydrogens is 1020 g/mol. The summed E-state index contributed by atoms with van der Waals surface area (Å²) in [5.41, 5.74) is 9.84. The quantitative estimate of drug-likeness (QED) is 0.105. The first-order valence-corrected chi connectivity index (χ1v) is 34.5. The Bertz CT molecular complexity index is 2850. The topological polar surface area (TPSA) is 0 Å². The predicted octanol–water partition coefficient (Wildman–Crippen LogP) is 19.8. The summed E-state index contributed by atoms with van der Waals surface area (Å²) in [6.07, 6.45) is 16.3. The Morgan fingerprint density at radius 1 is 0.507 bits per heavy atom. The molecule has 8 aliphatic rings. The van der Waals surface area contributed by atoms with E-state index in [1.165, 1.54) is 155 Å². The Kier molecular flexibility index (Phi) is 14.7.